The summed E-state index contributed by atoms with van der Waals surface area (Å²) in [4.78, 5) is 0. The van der Waals surface area contributed by atoms with E-state index in [2.05, 4.69) is 10.2 Å². The molecular formula is C6H9N4O+. The second kappa shape index (κ2) is 3.40. The summed E-state index contributed by atoms with van der Waals surface area (Å²) in [5.41, 5.74) is 10.1. The quantitative estimate of drug-likeness (QED) is 0.260. The Kier molecular flexibility index (Phi) is 2.27. The Morgan fingerprint density at radius 3 is 3.00 bits per heavy atom. The second-order valence-electron chi connectivity index (χ2n) is 1.83. The van der Waals surface area contributed by atoms with Crippen LogP contribution in [0.2, 0.25) is 0 Å². The van der Waals surface area contributed by atoms with E-state index >= 15 is 0 Å². The standard InChI is InChI=1S/C6H8N4O/c7-6(8)10-9-4-5-2-1-3-11-5/h1-4H,(H4,7,8,10)/p+1/b9-4+. The molecule has 0 atom stereocenters. The molecule has 0 amide bonds. The molecule has 0 aliphatic carbocycles. The van der Waals surface area contributed by atoms with Gasteiger partial charge in [0.25, 0.3) is 5.96 Å². The van der Waals surface area contributed by atoms with Gasteiger partial charge in [0.2, 0.25) is 6.21 Å². The minimum atomic E-state index is -0.0205. The first-order valence-electron chi connectivity index (χ1n) is 3.00. The number of guanidine groups is 1. The lowest BCUT2D eigenvalue weighted by Gasteiger charge is -1.76. The van der Waals surface area contributed by atoms with Crippen LogP contribution in [0.3, 0.4) is 0 Å². The first-order chi connectivity index (χ1) is 5.29. The molecule has 1 heterocycles. The van der Waals surface area contributed by atoms with Gasteiger partial charge in [-0.15, -0.1) is 0 Å². The first kappa shape index (κ1) is 7.33. The average Bonchev–Trinajstić information content (AvgIpc) is 2.39. The summed E-state index contributed by atoms with van der Waals surface area (Å²) in [6.45, 7) is 0. The summed E-state index contributed by atoms with van der Waals surface area (Å²) in [6, 6.07) is 3.54. The van der Waals surface area contributed by atoms with E-state index in [1.54, 1.807) is 24.6 Å². The second-order valence-corrected chi connectivity index (χ2v) is 1.83. The zero-order valence-electron chi connectivity index (χ0n) is 5.82. The fourth-order valence-electron chi connectivity index (χ4n) is 0.544. The maximum absolute atomic E-state index is 5.05. The van der Waals surface area contributed by atoms with Crippen LogP contribution in [-0.4, -0.2) is 12.2 Å². The van der Waals surface area contributed by atoms with Gasteiger partial charge in [0.15, 0.2) is 5.76 Å². The lowest BCUT2D eigenvalue weighted by molar-refractivity contribution is -0.457. The van der Waals surface area contributed by atoms with E-state index in [-0.39, 0.29) is 5.96 Å². The highest BCUT2D eigenvalue weighted by atomic mass is 16.3. The minimum Gasteiger partial charge on any atom is -0.459 e. The van der Waals surface area contributed by atoms with Crippen molar-refractivity contribution in [2.45, 2.75) is 0 Å². The third-order valence-corrected chi connectivity index (χ3v) is 0.944. The number of hydrogen-bond acceptors (Lipinski definition) is 2. The summed E-state index contributed by atoms with van der Waals surface area (Å²) >= 11 is 0. The molecule has 1 aromatic rings. The number of furan rings is 1. The molecule has 5 N–H and O–H groups in total. The van der Waals surface area contributed by atoms with Crippen LogP contribution < -0.4 is 16.6 Å². The summed E-state index contributed by atoms with van der Waals surface area (Å²) in [5, 5.41) is 6.01. The van der Waals surface area contributed by atoms with Crippen LogP contribution in [0, 0.1) is 0 Å². The third kappa shape index (κ3) is 2.53. The van der Waals surface area contributed by atoms with E-state index in [0.717, 1.165) is 0 Å². The molecule has 1 aromatic heterocycles. The molecule has 0 bridgehead atoms. The zero-order valence-corrected chi connectivity index (χ0v) is 5.82. The normalized spacial score (nSPS) is 10.2. The van der Waals surface area contributed by atoms with Crippen LogP contribution in [0.5, 0.6) is 0 Å². The molecule has 0 saturated carbocycles. The molecule has 0 aliphatic rings. The van der Waals surface area contributed by atoms with Gasteiger partial charge in [-0.25, -0.2) is 0 Å². The van der Waals surface area contributed by atoms with Gasteiger partial charge in [0.1, 0.15) is 0 Å². The molecule has 0 fully saturated rings. The van der Waals surface area contributed by atoms with Crippen molar-refractivity contribution >= 4 is 12.2 Å². The van der Waals surface area contributed by atoms with E-state index in [1.807, 2.05) is 0 Å². The van der Waals surface area contributed by atoms with Crippen molar-refractivity contribution in [1.29, 1.82) is 0 Å². The lowest BCUT2D eigenvalue weighted by atomic mass is 10.5. The van der Waals surface area contributed by atoms with Gasteiger partial charge < -0.3 is 15.9 Å². The smallest absolute Gasteiger partial charge is 0.256 e. The third-order valence-electron chi connectivity index (χ3n) is 0.944. The van der Waals surface area contributed by atoms with Gasteiger partial charge >= 0.3 is 0 Å². The van der Waals surface area contributed by atoms with Crippen LogP contribution in [0.1, 0.15) is 5.76 Å². The SMILES string of the molecule is NC(N)=N/[NH+]=C/c1ccco1. The van der Waals surface area contributed by atoms with Crippen LogP contribution in [-0.2, 0) is 0 Å². The zero-order chi connectivity index (χ0) is 8.10. The van der Waals surface area contributed by atoms with E-state index in [9.17, 15) is 0 Å². The van der Waals surface area contributed by atoms with Crippen molar-refractivity contribution in [3.8, 4) is 0 Å². The van der Waals surface area contributed by atoms with Gasteiger partial charge in [-0.2, -0.15) is 0 Å². The maximum Gasteiger partial charge on any atom is 0.256 e. The first-order valence-corrected chi connectivity index (χ1v) is 3.00. The Hall–Kier alpha value is -1.78. The van der Waals surface area contributed by atoms with Crippen LogP contribution in [0.15, 0.2) is 27.9 Å². The monoisotopic (exact) mass is 153 g/mol. The van der Waals surface area contributed by atoms with E-state index in [0.29, 0.717) is 5.76 Å². The van der Waals surface area contributed by atoms with E-state index in [4.69, 9.17) is 15.9 Å². The van der Waals surface area contributed by atoms with E-state index in [1.165, 1.54) is 0 Å². The van der Waals surface area contributed by atoms with Gasteiger partial charge in [-0.3, -0.25) is 0 Å². The number of rotatable bonds is 2. The molecule has 0 unspecified atom stereocenters. The van der Waals surface area contributed by atoms with Crippen molar-refractivity contribution in [2.24, 2.45) is 16.6 Å². The number of nitrogens with two attached hydrogens (primary N) is 2. The number of nitrogens with one attached hydrogen (secondary N) is 1. The largest absolute Gasteiger partial charge is 0.459 e. The topological polar surface area (TPSA) is 91.5 Å². The predicted octanol–water partition coefficient (Wildman–Crippen LogP) is -2.03. The van der Waals surface area contributed by atoms with E-state index < -0.39 is 0 Å². The number of hydrogen-bond donors (Lipinski definition) is 3. The number of hydrazone groups is 1. The van der Waals surface area contributed by atoms with Crippen molar-refractivity contribution < 1.29 is 9.52 Å². The number of nitrogens with zero attached hydrogens (tertiary/aromatic N) is 1. The minimum absolute atomic E-state index is 0.0205. The molecule has 58 valence electrons. The fourth-order valence-corrected chi connectivity index (χ4v) is 0.544. The van der Waals surface area contributed by atoms with Gasteiger partial charge in [-0.05, 0) is 12.1 Å². The average molecular weight is 153 g/mol. The Bertz CT molecular complexity index is 258. The van der Waals surface area contributed by atoms with Crippen LogP contribution in [0.4, 0.5) is 0 Å². The van der Waals surface area contributed by atoms with Crippen molar-refractivity contribution in [3.05, 3.63) is 24.2 Å². The Morgan fingerprint density at radius 2 is 2.45 bits per heavy atom. The van der Waals surface area contributed by atoms with Crippen molar-refractivity contribution in [2.75, 3.05) is 0 Å². The molecule has 0 saturated heterocycles. The molecule has 0 aromatic carbocycles. The molecule has 5 heteroatoms. The lowest BCUT2D eigenvalue weighted by Crippen LogP contribution is -2.63. The van der Waals surface area contributed by atoms with Crippen molar-refractivity contribution in [1.82, 2.24) is 0 Å². The highest BCUT2D eigenvalue weighted by Gasteiger charge is 1.91. The Labute approximate surface area is 63.4 Å². The summed E-state index contributed by atoms with van der Waals surface area (Å²) in [6.07, 6.45) is 3.10. The molecule has 0 aliphatic heterocycles. The highest BCUT2D eigenvalue weighted by molar-refractivity contribution is 5.75. The van der Waals surface area contributed by atoms with Gasteiger partial charge in [-0.1, -0.05) is 5.10 Å². The van der Waals surface area contributed by atoms with Crippen molar-refractivity contribution in [3.63, 3.8) is 0 Å². The molecule has 5 nitrogen and oxygen atoms in total. The van der Waals surface area contributed by atoms with Gasteiger partial charge in [0, 0.05) is 5.10 Å². The Morgan fingerprint density at radius 1 is 1.64 bits per heavy atom. The fraction of sp³-hybridized carbons (Fsp3) is 0. The van der Waals surface area contributed by atoms with Crippen LogP contribution in [0.25, 0.3) is 0 Å². The molecular weight excluding hydrogens is 144 g/mol. The molecule has 1 rings (SSSR count). The molecule has 0 spiro atoms. The molecule has 11 heavy (non-hydrogen) atoms. The highest BCUT2D eigenvalue weighted by Crippen LogP contribution is 1.91. The Balaban J connectivity index is 2.56. The maximum atomic E-state index is 5.05. The predicted molar refractivity (Wildman–Crippen MR) is 40.6 cm³/mol. The van der Waals surface area contributed by atoms with Crippen LogP contribution >= 0.6 is 0 Å². The summed E-state index contributed by atoms with van der Waals surface area (Å²) < 4.78 is 4.95. The van der Waals surface area contributed by atoms with Gasteiger partial charge in [0.05, 0.1) is 6.26 Å². The summed E-state index contributed by atoms with van der Waals surface area (Å²) in [5.74, 6) is 0.641. The molecule has 0 radical (unpaired) electrons. The summed E-state index contributed by atoms with van der Waals surface area (Å²) in [7, 11) is 0.